The third-order valence-electron chi connectivity index (χ3n) is 13.3. The van der Waals surface area contributed by atoms with Crippen molar-refractivity contribution in [3.8, 4) is 11.5 Å². The summed E-state index contributed by atoms with van der Waals surface area (Å²) >= 11 is 12.7. The predicted octanol–water partition coefficient (Wildman–Crippen LogP) is 7.77. The Morgan fingerprint density at radius 1 is 0.918 bits per heavy atom. The van der Waals surface area contributed by atoms with Gasteiger partial charge in [-0.25, -0.2) is 4.98 Å². The highest BCUT2D eigenvalue weighted by Crippen LogP contribution is 2.65. The fraction of sp³-hybridized carbons (Fsp3) is 0.356. The molecule has 0 unspecified atom stereocenters. The average molecular weight is 875 g/mol. The number of carbonyl (C=O) groups is 4. The molecule has 4 fully saturated rings. The molecule has 1 saturated carbocycles. The van der Waals surface area contributed by atoms with Crippen LogP contribution in [0, 0.1) is 23.7 Å². The van der Waals surface area contributed by atoms with Crippen LogP contribution in [0.3, 0.4) is 0 Å². The zero-order chi connectivity index (χ0) is 43.0. The Kier molecular flexibility index (Phi) is 10.4. The fourth-order valence-electron chi connectivity index (χ4n) is 10.6. The van der Waals surface area contributed by atoms with E-state index < -0.39 is 63.6 Å². The summed E-state index contributed by atoms with van der Waals surface area (Å²) in [6.07, 6.45) is -0.998. The van der Waals surface area contributed by atoms with Crippen LogP contribution in [0.5, 0.6) is 11.5 Å². The fourth-order valence-corrected chi connectivity index (χ4v) is 10.9. The number of nitrogens with one attached hydrogen (secondary N) is 1. The van der Waals surface area contributed by atoms with Crippen LogP contribution in [0.15, 0.2) is 96.7 Å². The highest BCUT2D eigenvalue weighted by molar-refractivity contribution is 6.33. The number of methoxy groups -OCH3 is 1. The molecular formula is C45H40Cl2F3N5O6. The number of nitrogens with zero attached hydrogens (tertiary/aromatic N) is 4. The number of pyridine rings is 1. The predicted molar refractivity (Wildman–Crippen MR) is 218 cm³/mol. The SMILES string of the molecule is COc1ccc(O)c([C@H]2C3=CC[C@@H]4C(=O)N(C5CCN(Cc6ccccc6)CC5)C(=O)[C@@H]4[C@@H]3C[C@H]3C(=O)N(Nc4ncc(C(F)(F)F)cc4Cl)C(=O)[C@@]23c2ccc(Cl)cc2)c1. The van der Waals surface area contributed by atoms with Crippen LogP contribution >= 0.6 is 23.2 Å². The van der Waals surface area contributed by atoms with Crippen LogP contribution in [0.2, 0.25) is 10.0 Å². The molecule has 3 aromatic carbocycles. The van der Waals surface area contributed by atoms with Crippen molar-refractivity contribution in [3.63, 3.8) is 0 Å². The summed E-state index contributed by atoms with van der Waals surface area (Å²) in [5.41, 5.74) is 2.06. The maximum absolute atomic E-state index is 15.5. The Hall–Kier alpha value is -5.44. The number of piperidine rings is 1. The number of alkyl halides is 3. The zero-order valence-corrected chi connectivity index (χ0v) is 34.3. The topological polar surface area (TPSA) is 132 Å². The van der Waals surface area contributed by atoms with Gasteiger partial charge in [-0.3, -0.25) is 34.4 Å². The molecule has 61 heavy (non-hydrogen) atoms. The zero-order valence-electron chi connectivity index (χ0n) is 32.7. The molecule has 1 aromatic heterocycles. The standard InChI is InChI=1S/C45H40Cl2F3N5O6/c1-61-29-11-14-36(56)33(20-29)38-30-12-13-31-37(42(59)54(40(31)57)28-15-17-53(18-16-28)23-24-5-3-2-4-6-24)32(30)21-34-41(58)55(43(60)44(34,38)25-7-9-27(46)10-8-25)52-39-35(47)19-26(22-51-39)45(48,49)50/h2-12,14,19-20,22,28,31-32,34,37-38,56H,13,15-18,21,23H2,1H3,(H,51,52)/t31-,32+,34-,37-,38+,44+/m0/s1. The van der Waals surface area contributed by atoms with Gasteiger partial charge in [0.25, 0.3) is 11.8 Å². The summed E-state index contributed by atoms with van der Waals surface area (Å²) in [6, 6.07) is 21.4. The number of rotatable bonds is 8. The van der Waals surface area contributed by atoms with Crippen LogP contribution in [-0.4, -0.2) is 74.8 Å². The van der Waals surface area contributed by atoms with Gasteiger partial charge < -0.3 is 9.84 Å². The molecule has 0 radical (unpaired) electrons. The molecule has 2 N–H and O–H groups in total. The lowest BCUT2D eigenvalue weighted by Crippen LogP contribution is -2.53. The first-order valence-electron chi connectivity index (χ1n) is 20.1. The third kappa shape index (κ3) is 6.74. The molecular weight excluding hydrogens is 834 g/mol. The van der Waals surface area contributed by atoms with E-state index in [1.54, 1.807) is 36.4 Å². The van der Waals surface area contributed by atoms with E-state index in [9.17, 15) is 27.9 Å². The quantitative estimate of drug-likeness (QED) is 0.135. The number of carbonyl (C=O) groups excluding carboxylic acids is 4. The van der Waals surface area contributed by atoms with E-state index in [2.05, 4.69) is 27.4 Å². The molecule has 3 saturated heterocycles. The van der Waals surface area contributed by atoms with E-state index in [4.69, 9.17) is 27.9 Å². The maximum Gasteiger partial charge on any atom is 0.417 e. The number of allylic oxidation sites excluding steroid dienone is 2. The number of likely N-dealkylation sites (tertiary alicyclic amines) is 2. The number of hydrogen-bond donors (Lipinski definition) is 2. The lowest BCUT2D eigenvalue weighted by atomic mass is 9.49. The molecule has 4 aromatic rings. The monoisotopic (exact) mass is 873 g/mol. The number of hydrazine groups is 1. The van der Waals surface area contributed by atoms with Crippen molar-refractivity contribution >= 4 is 52.6 Å². The van der Waals surface area contributed by atoms with Crippen molar-refractivity contribution in [2.45, 2.75) is 55.8 Å². The number of halogens is 5. The summed E-state index contributed by atoms with van der Waals surface area (Å²) in [5, 5.41) is 12.3. The van der Waals surface area contributed by atoms with Crippen LogP contribution in [0.4, 0.5) is 19.0 Å². The van der Waals surface area contributed by atoms with Crippen molar-refractivity contribution in [2.24, 2.45) is 23.7 Å². The number of phenolic OH excluding ortho intramolecular Hbond substituents is 1. The highest BCUT2D eigenvalue weighted by Gasteiger charge is 2.71. The Labute approximate surface area is 359 Å². The third-order valence-corrected chi connectivity index (χ3v) is 13.8. The number of amides is 4. The minimum Gasteiger partial charge on any atom is -0.508 e. The molecule has 11 nitrogen and oxygen atoms in total. The number of aromatic hydroxyl groups is 1. The molecule has 2 aliphatic carbocycles. The van der Waals surface area contributed by atoms with E-state index in [0.717, 1.165) is 11.6 Å². The molecule has 316 valence electrons. The van der Waals surface area contributed by atoms with E-state index >= 15 is 9.59 Å². The number of benzene rings is 3. The lowest BCUT2D eigenvalue weighted by molar-refractivity contribution is -0.144. The van der Waals surface area contributed by atoms with Crippen molar-refractivity contribution in [1.29, 1.82) is 0 Å². The second-order valence-electron chi connectivity index (χ2n) is 16.4. The molecule has 16 heteroatoms. The summed E-state index contributed by atoms with van der Waals surface area (Å²) in [7, 11) is 1.45. The van der Waals surface area contributed by atoms with Crippen molar-refractivity contribution < 1.29 is 42.2 Å². The largest absolute Gasteiger partial charge is 0.508 e. The van der Waals surface area contributed by atoms with Gasteiger partial charge in [-0.05, 0) is 79.1 Å². The molecule has 0 bridgehead atoms. The van der Waals surface area contributed by atoms with Crippen LogP contribution < -0.4 is 10.2 Å². The normalized spacial score (nSPS) is 26.9. The summed E-state index contributed by atoms with van der Waals surface area (Å²) in [5.74, 6) is -7.00. The maximum atomic E-state index is 15.5. The first-order chi connectivity index (χ1) is 29.2. The number of fused-ring (bicyclic) bond motifs is 4. The molecule has 5 aliphatic rings. The second kappa shape index (κ2) is 15.5. The van der Waals surface area contributed by atoms with Gasteiger partial charge >= 0.3 is 6.18 Å². The number of anilines is 1. The van der Waals surface area contributed by atoms with E-state index in [1.807, 2.05) is 24.3 Å². The van der Waals surface area contributed by atoms with Crippen molar-refractivity contribution in [1.82, 2.24) is 19.8 Å². The van der Waals surface area contributed by atoms with E-state index in [-0.39, 0.29) is 47.8 Å². The molecule has 0 spiro atoms. The van der Waals surface area contributed by atoms with Gasteiger partial charge in [0.2, 0.25) is 11.8 Å². The molecule has 6 atom stereocenters. The number of phenols is 1. The first-order valence-corrected chi connectivity index (χ1v) is 20.8. The lowest BCUT2D eigenvalue weighted by Gasteiger charge is -2.50. The second-order valence-corrected chi connectivity index (χ2v) is 17.2. The number of imide groups is 2. The average Bonchev–Trinajstić information content (AvgIpc) is 3.63. The van der Waals surface area contributed by atoms with Gasteiger partial charge in [0.15, 0.2) is 5.82 Å². The van der Waals surface area contributed by atoms with Crippen LogP contribution in [0.1, 0.15) is 53.9 Å². The Morgan fingerprint density at radius 2 is 1.64 bits per heavy atom. The van der Waals surface area contributed by atoms with Crippen LogP contribution in [0.25, 0.3) is 0 Å². The highest BCUT2D eigenvalue weighted by atomic mass is 35.5. The Bertz CT molecular complexity index is 2460. The van der Waals surface area contributed by atoms with E-state index in [0.29, 0.717) is 60.1 Å². The van der Waals surface area contributed by atoms with E-state index in [1.165, 1.54) is 23.6 Å². The van der Waals surface area contributed by atoms with Gasteiger partial charge in [-0.1, -0.05) is 77.3 Å². The van der Waals surface area contributed by atoms with Gasteiger partial charge in [-0.15, -0.1) is 0 Å². The molecule has 3 aliphatic heterocycles. The minimum absolute atomic E-state index is 0.0455. The molecule has 9 rings (SSSR count). The van der Waals surface area contributed by atoms with Crippen molar-refractivity contribution in [3.05, 3.63) is 129 Å². The Morgan fingerprint density at radius 3 is 2.31 bits per heavy atom. The van der Waals surface area contributed by atoms with Gasteiger partial charge in [-0.2, -0.15) is 18.2 Å². The number of hydrogen-bond acceptors (Lipinski definition) is 9. The minimum atomic E-state index is -4.76. The molecule has 4 amide bonds. The van der Waals surface area contributed by atoms with Gasteiger partial charge in [0.05, 0.1) is 40.9 Å². The van der Waals surface area contributed by atoms with Crippen LogP contribution in [-0.2, 0) is 37.3 Å². The van der Waals surface area contributed by atoms with Crippen molar-refractivity contribution in [2.75, 3.05) is 25.6 Å². The summed E-state index contributed by atoms with van der Waals surface area (Å²) in [6.45, 7) is 2.14. The number of ether oxygens (including phenoxy) is 1. The molecule has 4 heterocycles. The first kappa shape index (κ1) is 40.9. The Balaban J connectivity index is 1.13. The smallest absolute Gasteiger partial charge is 0.417 e. The summed E-state index contributed by atoms with van der Waals surface area (Å²) in [4.78, 5) is 67.3. The van der Waals surface area contributed by atoms with Gasteiger partial charge in [0.1, 0.15) is 11.5 Å². The number of aromatic nitrogens is 1. The van der Waals surface area contributed by atoms with Gasteiger partial charge in [0, 0.05) is 48.4 Å². The summed E-state index contributed by atoms with van der Waals surface area (Å²) < 4.78 is 46.3.